The van der Waals surface area contributed by atoms with E-state index in [0.29, 0.717) is 6.04 Å². The van der Waals surface area contributed by atoms with Crippen LogP contribution < -0.4 is 5.32 Å². The Morgan fingerprint density at radius 3 is 2.83 bits per heavy atom. The lowest BCUT2D eigenvalue weighted by Crippen LogP contribution is -2.30. The molecule has 1 aromatic rings. The first-order valence-electron chi connectivity index (χ1n) is 6.91. The lowest BCUT2D eigenvalue weighted by Gasteiger charge is -2.29. The molecule has 2 nitrogen and oxygen atoms in total. The maximum Gasteiger partial charge on any atom is 0.0400 e. The number of rotatable bonds is 5. The van der Waals surface area contributed by atoms with E-state index in [9.17, 15) is 0 Å². The fourth-order valence-corrected chi connectivity index (χ4v) is 3.63. The third kappa shape index (κ3) is 2.95. The van der Waals surface area contributed by atoms with Crippen LogP contribution in [0.15, 0.2) is 28.7 Å². The van der Waals surface area contributed by atoms with Crippen LogP contribution in [-0.4, -0.2) is 31.6 Å². The Bertz CT molecular complexity index is 367. The number of hydrogen-bond acceptors (Lipinski definition) is 2. The van der Waals surface area contributed by atoms with E-state index < -0.39 is 0 Å². The highest BCUT2D eigenvalue weighted by Gasteiger charge is 2.34. The molecule has 2 atom stereocenters. The van der Waals surface area contributed by atoms with Crippen molar-refractivity contribution in [2.75, 3.05) is 26.7 Å². The molecule has 1 saturated heterocycles. The number of halogens is 1. The molecule has 0 saturated carbocycles. The molecule has 0 amide bonds. The molecule has 3 heteroatoms. The molecule has 1 aliphatic heterocycles. The van der Waals surface area contributed by atoms with Gasteiger partial charge in [0.25, 0.3) is 0 Å². The van der Waals surface area contributed by atoms with Gasteiger partial charge in [0.05, 0.1) is 0 Å². The van der Waals surface area contributed by atoms with Gasteiger partial charge >= 0.3 is 0 Å². The van der Waals surface area contributed by atoms with Gasteiger partial charge in [-0.1, -0.05) is 41.1 Å². The van der Waals surface area contributed by atoms with E-state index in [4.69, 9.17) is 0 Å². The van der Waals surface area contributed by atoms with Crippen LogP contribution in [0.2, 0.25) is 0 Å². The molecule has 1 N–H and O–H groups in total. The Hall–Kier alpha value is -0.380. The summed E-state index contributed by atoms with van der Waals surface area (Å²) in [7, 11) is 2.06. The highest BCUT2D eigenvalue weighted by Crippen LogP contribution is 2.39. The zero-order chi connectivity index (χ0) is 13.0. The van der Waals surface area contributed by atoms with Crippen LogP contribution in [0.4, 0.5) is 0 Å². The van der Waals surface area contributed by atoms with Crippen LogP contribution in [0.3, 0.4) is 0 Å². The van der Waals surface area contributed by atoms with E-state index >= 15 is 0 Å². The van der Waals surface area contributed by atoms with Gasteiger partial charge in [-0.05, 0) is 57.1 Å². The monoisotopic (exact) mass is 310 g/mol. The predicted octanol–water partition coefficient (Wildman–Crippen LogP) is 3.44. The standard InChI is InChI=1S/C15H23BrN2/c1-3-9-18-10-8-12(11-17-2)15(18)13-6-4-5-7-14(13)16/h4-7,12,15,17H,3,8-11H2,1-2H3. The van der Waals surface area contributed by atoms with Crippen molar-refractivity contribution in [3.63, 3.8) is 0 Å². The molecule has 0 aromatic heterocycles. The van der Waals surface area contributed by atoms with E-state index in [-0.39, 0.29) is 0 Å². The normalized spacial score (nSPS) is 24.6. The zero-order valence-corrected chi connectivity index (χ0v) is 12.9. The molecule has 0 radical (unpaired) electrons. The summed E-state index contributed by atoms with van der Waals surface area (Å²) in [6, 6.07) is 9.24. The second-order valence-corrected chi connectivity index (χ2v) is 5.96. The SMILES string of the molecule is CCCN1CCC(CNC)C1c1ccccc1Br. The minimum Gasteiger partial charge on any atom is -0.319 e. The molecule has 0 spiro atoms. The third-order valence-corrected chi connectivity index (χ3v) is 4.55. The average molecular weight is 311 g/mol. The Morgan fingerprint density at radius 1 is 1.39 bits per heavy atom. The molecule has 0 bridgehead atoms. The van der Waals surface area contributed by atoms with Crippen molar-refractivity contribution in [3.05, 3.63) is 34.3 Å². The first-order valence-corrected chi connectivity index (χ1v) is 7.70. The molecule has 1 fully saturated rings. The summed E-state index contributed by atoms with van der Waals surface area (Å²) in [6.07, 6.45) is 2.53. The van der Waals surface area contributed by atoms with E-state index in [0.717, 1.165) is 12.5 Å². The fourth-order valence-electron chi connectivity index (χ4n) is 3.11. The van der Waals surface area contributed by atoms with Gasteiger partial charge in [-0.25, -0.2) is 0 Å². The van der Waals surface area contributed by atoms with Crippen molar-refractivity contribution in [2.45, 2.75) is 25.8 Å². The van der Waals surface area contributed by atoms with Crippen molar-refractivity contribution in [1.82, 2.24) is 10.2 Å². The van der Waals surface area contributed by atoms with Crippen LogP contribution >= 0.6 is 15.9 Å². The maximum atomic E-state index is 3.72. The Labute approximate surface area is 119 Å². The fraction of sp³-hybridized carbons (Fsp3) is 0.600. The van der Waals surface area contributed by atoms with Gasteiger partial charge in [0, 0.05) is 10.5 Å². The van der Waals surface area contributed by atoms with Crippen molar-refractivity contribution < 1.29 is 0 Å². The summed E-state index contributed by atoms with van der Waals surface area (Å²) in [5, 5.41) is 3.35. The summed E-state index contributed by atoms with van der Waals surface area (Å²) >= 11 is 3.72. The van der Waals surface area contributed by atoms with Crippen molar-refractivity contribution in [3.8, 4) is 0 Å². The van der Waals surface area contributed by atoms with Crippen LogP contribution in [0.25, 0.3) is 0 Å². The Balaban J connectivity index is 2.25. The number of nitrogens with one attached hydrogen (secondary N) is 1. The van der Waals surface area contributed by atoms with E-state index in [2.05, 4.69) is 64.4 Å². The maximum absolute atomic E-state index is 3.72. The minimum absolute atomic E-state index is 0.563. The first kappa shape index (κ1) is 14.0. The van der Waals surface area contributed by atoms with E-state index in [1.165, 1.54) is 36.0 Å². The minimum atomic E-state index is 0.563. The number of benzene rings is 1. The third-order valence-electron chi connectivity index (χ3n) is 3.83. The summed E-state index contributed by atoms with van der Waals surface area (Å²) in [5.41, 5.74) is 1.45. The summed E-state index contributed by atoms with van der Waals surface area (Å²) in [6.45, 7) is 5.80. The number of nitrogens with zero attached hydrogens (tertiary/aromatic N) is 1. The molecular formula is C15H23BrN2. The summed E-state index contributed by atoms with van der Waals surface area (Å²) in [4.78, 5) is 2.64. The first-order chi connectivity index (χ1) is 8.77. The van der Waals surface area contributed by atoms with Gasteiger partial charge in [-0.15, -0.1) is 0 Å². The van der Waals surface area contributed by atoms with Crippen LogP contribution in [0.5, 0.6) is 0 Å². The molecule has 18 heavy (non-hydrogen) atoms. The molecule has 1 heterocycles. The summed E-state index contributed by atoms with van der Waals surface area (Å²) < 4.78 is 1.25. The molecule has 1 aromatic carbocycles. The van der Waals surface area contributed by atoms with E-state index in [1.807, 2.05) is 0 Å². The largest absolute Gasteiger partial charge is 0.319 e. The van der Waals surface area contributed by atoms with Gasteiger partial charge in [0.15, 0.2) is 0 Å². The predicted molar refractivity (Wildman–Crippen MR) is 80.8 cm³/mol. The lowest BCUT2D eigenvalue weighted by atomic mass is 9.93. The highest BCUT2D eigenvalue weighted by molar-refractivity contribution is 9.10. The van der Waals surface area contributed by atoms with Crippen molar-refractivity contribution >= 4 is 15.9 Å². The molecule has 1 aliphatic rings. The van der Waals surface area contributed by atoms with Crippen LogP contribution in [0.1, 0.15) is 31.4 Å². The van der Waals surface area contributed by atoms with Gasteiger partial charge in [0.2, 0.25) is 0 Å². The second kappa shape index (κ2) is 6.69. The van der Waals surface area contributed by atoms with Gasteiger partial charge in [-0.3, -0.25) is 4.90 Å². The molecule has 0 aliphatic carbocycles. The topological polar surface area (TPSA) is 15.3 Å². The van der Waals surface area contributed by atoms with Gasteiger partial charge in [-0.2, -0.15) is 0 Å². The van der Waals surface area contributed by atoms with Gasteiger partial charge < -0.3 is 5.32 Å². The zero-order valence-electron chi connectivity index (χ0n) is 11.3. The molecule has 2 rings (SSSR count). The van der Waals surface area contributed by atoms with Crippen molar-refractivity contribution in [1.29, 1.82) is 0 Å². The lowest BCUT2D eigenvalue weighted by molar-refractivity contribution is 0.226. The van der Waals surface area contributed by atoms with Gasteiger partial charge in [0.1, 0.15) is 0 Å². The second-order valence-electron chi connectivity index (χ2n) is 5.11. The Morgan fingerprint density at radius 2 is 2.17 bits per heavy atom. The molecular weight excluding hydrogens is 288 g/mol. The van der Waals surface area contributed by atoms with Crippen LogP contribution in [0, 0.1) is 5.92 Å². The average Bonchev–Trinajstić information content (AvgIpc) is 2.74. The Kier molecular flexibility index (Phi) is 5.22. The van der Waals surface area contributed by atoms with E-state index in [1.54, 1.807) is 0 Å². The molecule has 100 valence electrons. The quantitative estimate of drug-likeness (QED) is 0.896. The smallest absolute Gasteiger partial charge is 0.0400 e. The van der Waals surface area contributed by atoms with Crippen molar-refractivity contribution in [2.24, 2.45) is 5.92 Å². The molecule has 2 unspecified atom stereocenters. The highest BCUT2D eigenvalue weighted by atomic mass is 79.9. The number of hydrogen-bond donors (Lipinski definition) is 1. The summed E-state index contributed by atoms with van der Waals surface area (Å²) in [5.74, 6) is 0.722. The number of likely N-dealkylation sites (tertiary alicyclic amines) is 1. The van der Waals surface area contributed by atoms with Crippen LogP contribution in [-0.2, 0) is 0 Å².